The summed E-state index contributed by atoms with van der Waals surface area (Å²) in [7, 11) is 0. The zero-order valence-corrected chi connectivity index (χ0v) is 9.80. The molecule has 0 aromatic heterocycles. The van der Waals surface area contributed by atoms with Crippen molar-refractivity contribution in [3.8, 4) is 0 Å². The van der Waals surface area contributed by atoms with Crippen LogP contribution in [0.5, 0.6) is 0 Å². The zero-order chi connectivity index (χ0) is 12.2. The SMILES string of the molecule is C/C=C(\C)C(=O)OC1C2C=C3C(=O)OC1C3C2. The summed E-state index contributed by atoms with van der Waals surface area (Å²) in [4.78, 5) is 23.2. The smallest absolute Gasteiger partial charge is 0.334 e. The molecule has 17 heavy (non-hydrogen) atoms. The van der Waals surface area contributed by atoms with Crippen molar-refractivity contribution in [1.29, 1.82) is 0 Å². The number of carbonyl (C=O) groups excluding carboxylic acids is 2. The molecule has 0 radical (unpaired) electrons. The van der Waals surface area contributed by atoms with Gasteiger partial charge in [-0.3, -0.25) is 0 Å². The largest absolute Gasteiger partial charge is 0.454 e. The Kier molecular flexibility index (Phi) is 2.15. The van der Waals surface area contributed by atoms with Crippen LogP contribution < -0.4 is 0 Å². The van der Waals surface area contributed by atoms with Gasteiger partial charge in [0.2, 0.25) is 0 Å². The quantitative estimate of drug-likeness (QED) is 0.535. The van der Waals surface area contributed by atoms with Crippen LogP contribution in [0, 0.1) is 11.8 Å². The molecule has 2 aliphatic carbocycles. The van der Waals surface area contributed by atoms with Crippen LogP contribution in [-0.4, -0.2) is 24.1 Å². The molecule has 4 nitrogen and oxygen atoms in total. The van der Waals surface area contributed by atoms with E-state index < -0.39 is 0 Å². The monoisotopic (exact) mass is 234 g/mol. The molecule has 0 aromatic carbocycles. The Balaban J connectivity index is 1.78. The normalized spacial score (nSPS) is 38.1. The minimum Gasteiger partial charge on any atom is -0.454 e. The molecule has 1 saturated carbocycles. The number of hydrogen-bond acceptors (Lipinski definition) is 4. The lowest BCUT2D eigenvalue weighted by Gasteiger charge is -2.22. The Morgan fingerprint density at radius 3 is 3.06 bits per heavy atom. The van der Waals surface area contributed by atoms with Crippen molar-refractivity contribution in [1.82, 2.24) is 0 Å². The first-order valence-corrected chi connectivity index (χ1v) is 5.88. The van der Waals surface area contributed by atoms with Crippen molar-refractivity contribution < 1.29 is 19.1 Å². The third-order valence-electron chi connectivity index (χ3n) is 3.94. The van der Waals surface area contributed by atoms with E-state index in [9.17, 15) is 9.59 Å². The molecule has 2 fully saturated rings. The van der Waals surface area contributed by atoms with Crippen LogP contribution in [0.2, 0.25) is 0 Å². The van der Waals surface area contributed by atoms with Crippen LogP contribution >= 0.6 is 0 Å². The first-order chi connectivity index (χ1) is 8.11. The summed E-state index contributed by atoms with van der Waals surface area (Å²) in [5.74, 6) is -0.247. The van der Waals surface area contributed by atoms with Gasteiger partial charge in [0.05, 0.1) is 0 Å². The number of carbonyl (C=O) groups is 2. The molecule has 1 heterocycles. The second kappa shape index (κ2) is 3.45. The van der Waals surface area contributed by atoms with Crippen molar-refractivity contribution >= 4 is 11.9 Å². The lowest BCUT2D eigenvalue weighted by molar-refractivity contribution is -0.157. The molecule has 2 bridgehead atoms. The average Bonchev–Trinajstić information content (AvgIpc) is 2.92. The summed E-state index contributed by atoms with van der Waals surface area (Å²) < 4.78 is 10.7. The molecular formula is C13H14O4. The summed E-state index contributed by atoms with van der Waals surface area (Å²) in [6.07, 6.45) is 3.97. The van der Waals surface area contributed by atoms with E-state index in [0.717, 1.165) is 12.0 Å². The third-order valence-corrected chi connectivity index (χ3v) is 3.94. The second-order valence-electron chi connectivity index (χ2n) is 4.84. The molecule has 90 valence electrons. The van der Waals surface area contributed by atoms with Crippen LogP contribution in [-0.2, 0) is 19.1 Å². The first kappa shape index (κ1) is 10.6. The van der Waals surface area contributed by atoms with Gasteiger partial charge in [0.25, 0.3) is 0 Å². The number of fused-ring (bicyclic) bond motifs is 1. The summed E-state index contributed by atoms with van der Waals surface area (Å²) in [5, 5.41) is 0. The van der Waals surface area contributed by atoms with E-state index in [0.29, 0.717) is 5.57 Å². The van der Waals surface area contributed by atoms with Crippen LogP contribution in [0.25, 0.3) is 0 Å². The second-order valence-corrected chi connectivity index (χ2v) is 4.84. The Morgan fingerprint density at radius 2 is 2.35 bits per heavy atom. The molecule has 4 heteroatoms. The minimum absolute atomic E-state index is 0.149. The van der Waals surface area contributed by atoms with Crippen LogP contribution in [0.15, 0.2) is 23.3 Å². The zero-order valence-electron chi connectivity index (χ0n) is 9.80. The predicted octanol–water partition coefficient (Wildman–Crippen LogP) is 1.37. The van der Waals surface area contributed by atoms with Crippen molar-refractivity contribution in [2.24, 2.45) is 11.8 Å². The maximum atomic E-state index is 11.7. The van der Waals surface area contributed by atoms with E-state index >= 15 is 0 Å². The summed E-state index contributed by atoms with van der Waals surface area (Å²) in [6.45, 7) is 3.52. The number of allylic oxidation sites excluding steroid dienone is 1. The Hall–Kier alpha value is -1.58. The highest BCUT2D eigenvalue weighted by Gasteiger charge is 2.58. The summed E-state index contributed by atoms with van der Waals surface area (Å²) in [6, 6.07) is 0. The van der Waals surface area contributed by atoms with Gasteiger partial charge in [0.1, 0.15) is 12.2 Å². The lowest BCUT2D eigenvalue weighted by atomic mass is 9.97. The highest BCUT2D eigenvalue weighted by molar-refractivity contribution is 5.93. The lowest BCUT2D eigenvalue weighted by Crippen LogP contribution is -2.34. The Bertz CT molecular complexity index is 460. The van der Waals surface area contributed by atoms with E-state index in [4.69, 9.17) is 9.47 Å². The minimum atomic E-state index is -0.317. The molecule has 4 atom stereocenters. The maximum absolute atomic E-state index is 11.7. The molecule has 0 spiro atoms. The number of ether oxygens (including phenoxy) is 2. The first-order valence-electron chi connectivity index (χ1n) is 5.88. The summed E-state index contributed by atoms with van der Waals surface area (Å²) >= 11 is 0. The van der Waals surface area contributed by atoms with Crippen molar-refractivity contribution in [2.75, 3.05) is 0 Å². The van der Waals surface area contributed by atoms with Gasteiger partial charge in [-0.2, -0.15) is 0 Å². The Morgan fingerprint density at radius 1 is 1.59 bits per heavy atom. The van der Waals surface area contributed by atoms with E-state index in [-0.39, 0.29) is 36.0 Å². The molecule has 3 aliphatic rings. The van der Waals surface area contributed by atoms with E-state index in [2.05, 4.69) is 0 Å². The molecule has 0 N–H and O–H groups in total. The molecule has 0 amide bonds. The van der Waals surface area contributed by atoms with Gasteiger partial charge in [-0.05, 0) is 20.3 Å². The van der Waals surface area contributed by atoms with E-state index in [1.165, 1.54) is 0 Å². The maximum Gasteiger partial charge on any atom is 0.334 e. The fourth-order valence-electron chi connectivity index (χ4n) is 2.90. The molecular weight excluding hydrogens is 220 g/mol. The fraction of sp³-hybridized carbons (Fsp3) is 0.538. The highest BCUT2D eigenvalue weighted by atomic mass is 16.6. The summed E-state index contributed by atoms with van der Waals surface area (Å²) in [5.41, 5.74) is 1.37. The molecule has 4 unspecified atom stereocenters. The number of esters is 2. The van der Waals surface area contributed by atoms with Gasteiger partial charge in [-0.25, -0.2) is 9.59 Å². The molecule has 1 aliphatic heterocycles. The Labute approximate surface area is 99.3 Å². The fourth-order valence-corrected chi connectivity index (χ4v) is 2.90. The van der Waals surface area contributed by atoms with Crippen molar-refractivity contribution in [3.05, 3.63) is 23.3 Å². The standard InChI is InChI=1S/C13H14O4/c1-3-6(2)12(14)16-10-7-4-8-9(5-7)13(15)17-11(8)10/h3,5,7-8,10-11H,4H2,1-2H3/b6-3+. The van der Waals surface area contributed by atoms with Gasteiger partial charge in [0, 0.05) is 23.0 Å². The molecule has 0 aromatic rings. The average molecular weight is 234 g/mol. The van der Waals surface area contributed by atoms with Gasteiger partial charge >= 0.3 is 11.9 Å². The van der Waals surface area contributed by atoms with E-state index in [1.807, 2.05) is 6.08 Å². The van der Waals surface area contributed by atoms with Crippen LogP contribution in [0.1, 0.15) is 20.3 Å². The third kappa shape index (κ3) is 1.36. The van der Waals surface area contributed by atoms with Gasteiger partial charge in [-0.1, -0.05) is 12.2 Å². The number of rotatable bonds is 2. The molecule has 1 saturated heterocycles. The van der Waals surface area contributed by atoms with E-state index in [1.54, 1.807) is 19.9 Å². The van der Waals surface area contributed by atoms with Gasteiger partial charge in [-0.15, -0.1) is 0 Å². The number of hydrogen-bond donors (Lipinski definition) is 0. The predicted molar refractivity (Wildman–Crippen MR) is 58.9 cm³/mol. The van der Waals surface area contributed by atoms with Crippen LogP contribution in [0.4, 0.5) is 0 Å². The van der Waals surface area contributed by atoms with Crippen LogP contribution in [0.3, 0.4) is 0 Å². The topological polar surface area (TPSA) is 52.6 Å². The van der Waals surface area contributed by atoms with Crippen molar-refractivity contribution in [2.45, 2.75) is 32.5 Å². The highest BCUT2D eigenvalue weighted by Crippen LogP contribution is 2.51. The van der Waals surface area contributed by atoms with Gasteiger partial charge in [0.15, 0.2) is 0 Å². The van der Waals surface area contributed by atoms with Crippen molar-refractivity contribution in [3.63, 3.8) is 0 Å². The molecule has 3 rings (SSSR count). The van der Waals surface area contributed by atoms with Gasteiger partial charge < -0.3 is 9.47 Å².